The summed E-state index contributed by atoms with van der Waals surface area (Å²) in [7, 11) is 0. The van der Waals surface area contributed by atoms with Crippen molar-refractivity contribution in [2.75, 3.05) is 11.4 Å². The maximum absolute atomic E-state index is 11.1. The SMILES string of the molecule is CC(C)Oc1cc(N2CCC(N)CC2C)cc([N+](=O)[O-])c1. The normalized spacial score (nSPS) is 22.4. The number of nitrogens with zero attached hydrogens (tertiary/aromatic N) is 2. The van der Waals surface area contributed by atoms with Crippen LogP contribution in [0.2, 0.25) is 0 Å². The summed E-state index contributed by atoms with van der Waals surface area (Å²) in [5, 5.41) is 11.1. The third-order valence-electron chi connectivity index (χ3n) is 3.71. The van der Waals surface area contributed by atoms with Crippen LogP contribution in [0.1, 0.15) is 33.6 Å². The molecule has 0 aliphatic carbocycles. The first kappa shape index (κ1) is 15.6. The van der Waals surface area contributed by atoms with Gasteiger partial charge in [0.25, 0.3) is 5.69 Å². The number of non-ortho nitro benzene ring substituents is 1. The van der Waals surface area contributed by atoms with E-state index in [1.165, 1.54) is 6.07 Å². The van der Waals surface area contributed by atoms with Gasteiger partial charge >= 0.3 is 0 Å². The van der Waals surface area contributed by atoms with E-state index in [1.54, 1.807) is 6.07 Å². The van der Waals surface area contributed by atoms with E-state index in [0.29, 0.717) is 5.75 Å². The van der Waals surface area contributed by atoms with Crippen molar-refractivity contribution in [2.45, 2.75) is 51.8 Å². The Hall–Kier alpha value is -1.82. The minimum atomic E-state index is -0.378. The minimum absolute atomic E-state index is 0.0212. The Morgan fingerprint density at radius 3 is 2.71 bits per heavy atom. The van der Waals surface area contributed by atoms with Gasteiger partial charge in [-0.15, -0.1) is 0 Å². The molecule has 0 radical (unpaired) electrons. The van der Waals surface area contributed by atoms with Crippen molar-refractivity contribution < 1.29 is 9.66 Å². The van der Waals surface area contributed by atoms with Crippen LogP contribution in [0.3, 0.4) is 0 Å². The van der Waals surface area contributed by atoms with Crippen LogP contribution >= 0.6 is 0 Å². The van der Waals surface area contributed by atoms with E-state index in [4.69, 9.17) is 10.5 Å². The summed E-state index contributed by atoms with van der Waals surface area (Å²) in [6.07, 6.45) is 1.77. The highest BCUT2D eigenvalue weighted by Gasteiger charge is 2.25. The fourth-order valence-corrected chi connectivity index (χ4v) is 2.77. The van der Waals surface area contributed by atoms with Crippen LogP contribution in [-0.4, -0.2) is 29.7 Å². The Morgan fingerprint density at radius 1 is 1.43 bits per heavy atom. The molecule has 0 spiro atoms. The molecule has 1 saturated heterocycles. The Kier molecular flexibility index (Phi) is 4.67. The number of ether oxygens (including phenoxy) is 1. The highest BCUT2D eigenvalue weighted by atomic mass is 16.6. The number of anilines is 1. The average Bonchev–Trinajstić information content (AvgIpc) is 2.37. The molecular weight excluding hydrogens is 270 g/mol. The molecular formula is C15H23N3O3. The van der Waals surface area contributed by atoms with Crippen LogP contribution in [-0.2, 0) is 0 Å². The monoisotopic (exact) mass is 293 g/mol. The number of hydrogen-bond acceptors (Lipinski definition) is 5. The minimum Gasteiger partial charge on any atom is -0.491 e. The van der Waals surface area contributed by atoms with Crippen molar-refractivity contribution >= 4 is 11.4 Å². The van der Waals surface area contributed by atoms with Crippen LogP contribution in [0, 0.1) is 10.1 Å². The van der Waals surface area contributed by atoms with Gasteiger partial charge < -0.3 is 15.4 Å². The van der Waals surface area contributed by atoms with Gasteiger partial charge in [0.1, 0.15) is 5.75 Å². The summed E-state index contributed by atoms with van der Waals surface area (Å²) in [5.41, 5.74) is 6.87. The van der Waals surface area contributed by atoms with Crippen molar-refractivity contribution in [3.63, 3.8) is 0 Å². The number of nitrogens with two attached hydrogens (primary N) is 1. The molecule has 0 bridgehead atoms. The van der Waals surface area contributed by atoms with E-state index in [1.807, 2.05) is 19.9 Å². The third-order valence-corrected chi connectivity index (χ3v) is 3.71. The molecule has 0 aromatic heterocycles. The van der Waals surface area contributed by atoms with Crippen molar-refractivity contribution in [2.24, 2.45) is 5.73 Å². The fourth-order valence-electron chi connectivity index (χ4n) is 2.77. The smallest absolute Gasteiger partial charge is 0.275 e. The van der Waals surface area contributed by atoms with Crippen molar-refractivity contribution in [1.29, 1.82) is 0 Å². The number of benzene rings is 1. The van der Waals surface area contributed by atoms with Crippen LogP contribution in [0.25, 0.3) is 0 Å². The number of hydrogen-bond donors (Lipinski definition) is 1. The second-order valence-electron chi connectivity index (χ2n) is 5.94. The van der Waals surface area contributed by atoms with Crippen LogP contribution < -0.4 is 15.4 Å². The molecule has 6 nitrogen and oxygen atoms in total. The van der Waals surface area contributed by atoms with Crippen molar-refractivity contribution in [3.05, 3.63) is 28.3 Å². The summed E-state index contributed by atoms with van der Waals surface area (Å²) in [6, 6.07) is 5.44. The Bertz CT molecular complexity index is 519. The van der Waals surface area contributed by atoms with Gasteiger partial charge in [0.15, 0.2) is 0 Å². The molecule has 2 N–H and O–H groups in total. The zero-order valence-corrected chi connectivity index (χ0v) is 12.8. The Morgan fingerprint density at radius 2 is 2.14 bits per heavy atom. The van der Waals surface area contributed by atoms with Crippen molar-refractivity contribution in [3.8, 4) is 5.75 Å². The van der Waals surface area contributed by atoms with Gasteiger partial charge in [-0.3, -0.25) is 10.1 Å². The average molecular weight is 293 g/mol. The second kappa shape index (κ2) is 6.30. The maximum atomic E-state index is 11.1. The number of nitro benzene ring substituents is 1. The molecule has 1 heterocycles. The number of nitro groups is 1. The fraction of sp³-hybridized carbons (Fsp3) is 0.600. The molecule has 21 heavy (non-hydrogen) atoms. The molecule has 1 aliphatic rings. The van der Waals surface area contributed by atoms with Gasteiger partial charge in [-0.1, -0.05) is 0 Å². The summed E-state index contributed by atoms with van der Waals surface area (Å²) < 4.78 is 5.64. The highest BCUT2D eigenvalue weighted by Crippen LogP contribution is 2.32. The predicted molar refractivity (Wildman–Crippen MR) is 82.9 cm³/mol. The predicted octanol–water partition coefficient (Wildman–Crippen LogP) is 2.70. The molecule has 0 amide bonds. The van der Waals surface area contributed by atoms with E-state index in [-0.39, 0.29) is 28.8 Å². The molecule has 2 rings (SSSR count). The Balaban J connectivity index is 2.33. The molecule has 116 valence electrons. The first-order valence-electron chi connectivity index (χ1n) is 7.35. The Labute approximate surface area is 125 Å². The zero-order valence-electron chi connectivity index (χ0n) is 12.8. The summed E-state index contributed by atoms with van der Waals surface area (Å²) in [6.45, 7) is 6.72. The molecule has 1 fully saturated rings. The lowest BCUT2D eigenvalue weighted by atomic mass is 9.98. The standard InChI is InChI=1S/C15H23N3O3/c1-10(2)21-15-8-13(7-14(9-15)18(19)20)17-5-4-12(16)6-11(17)3/h7-12H,4-6,16H2,1-3H3. The van der Waals surface area contributed by atoms with E-state index in [2.05, 4.69) is 11.8 Å². The third kappa shape index (κ3) is 3.85. The lowest BCUT2D eigenvalue weighted by Gasteiger charge is -2.38. The lowest BCUT2D eigenvalue weighted by Crippen LogP contribution is -2.45. The van der Waals surface area contributed by atoms with Gasteiger partial charge in [-0.05, 0) is 33.6 Å². The molecule has 1 aromatic carbocycles. The first-order valence-corrected chi connectivity index (χ1v) is 7.35. The largest absolute Gasteiger partial charge is 0.491 e. The molecule has 2 unspecified atom stereocenters. The number of rotatable bonds is 4. The van der Waals surface area contributed by atoms with Gasteiger partial charge in [-0.25, -0.2) is 0 Å². The van der Waals surface area contributed by atoms with Gasteiger partial charge in [0.05, 0.1) is 17.1 Å². The topological polar surface area (TPSA) is 81.6 Å². The van der Waals surface area contributed by atoms with E-state index >= 15 is 0 Å². The quantitative estimate of drug-likeness (QED) is 0.682. The van der Waals surface area contributed by atoms with Crippen LogP contribution in [0.15, 0.2) is 18.2 Å². The second-order valence-corrected chi connectivity index (χ2v) is 5.94. The van der Waals surface area contributed by atoms with Crippen molar-refractivity contribution in [1.82, 2.24) is 0 Å². The summed E-state index contributed by atoms with van der Waals surface area (Å²) in [5.74, 6) is 0.538. The van der Waals surface area contributed by atoms with Crippen LogP contribution in [0.5, 0.6) is 5.75 Å². The molecule has 0 saturated carbocycles. The van der Waals surface area contributed by atoms with E-state index in [0.717, 1.165) is 25.1 Å². The summed E-state index contributed by atoms with van der Waals surface area (Å²) >= 11 is 0. The maximum Gasteiger partial charge on any atom is 0.275 e. The van der Waals surface area contributed by atoms with E-state index in [9.17, 15) is 10.1 Å². The van der Waals surface area contributed by atoms with E-state index < -0.39 is 0 Å². The van der Waals surface area contributed by atoms with Gasteiger partial charge in [0.2, 0.25) is 0 Å². The highest BCUT2D eigenvalue weighted by molar-refractivity contribution is 5.59. The molecule has 1 aliphatic heterocycles. The summed E-state index contributed by atoms with van der Waals surface area (Å²) in [4.78, 5) is 12.9. The van der Waals surface area contributed by atoms with Gasteiger partial charge in [0, 0.05) is 36.4 Å². The van der Waals surface area contributed by atoms with Gasteiger partial charge in [-0.2, -0.15) is 0 Å². The number of piperidine rings is 1. The zero-order chi connectivity index (χ0) is 15.6. The lowest BCUT2D eigenvalue weighted by molar-refractivity contribution is -0.384. The molecule has 2 atom stereocenters. The first-order chi connectivity index (χ1) is 9.86. The van der Waals surface area contributed by atoms with Crippen LogP contribution in [0.4, 0.5) is 11.4 Å². The molecule has 6 heteroatoms. The molecule has 1 aromatic rings.